The highest BCUT2D eigenvalue weighted by Gasteiger charge is 2.20. The van der Waals surface area contributed by atoms with Gasteiger partial charge in [-0.3, -0.25) is 0 Å². The number of ether oxygens (including phenoxy) is 1. The van der Waals surface area contributed by atoms with Crippen molar-refractivity contribution in [2.75, 3.05) is 6.61 Å². The minimum absolute atomic E-state index is 0.273. The van der Waals surface area contributed by atoms with Crippen molar-refractivity contribution in [3.05, 3.63) is 27.8 Å². The second-order valence-corrected chi connectivity index (χ2v) is 4.71. The molecule has 0 saturated heterocycles. The molecule has 1 aromatic carbocycles. The molecule has 18 heavy (non-hydrogen) atoms. The smallest absolute Gasteiger partial charge is 0.338 e. The van der Waals surface area contributed by atoms with E-state index in [0.717, 1.165) is 35.1 Å². The summed E-state index contributed by atoms with van der Waals surface area (Å²) in [5, 5.41) is 9.94. The maximum atomic E-state index is 12.1. The molecule has 0 aliphatic rings. The van der Waals surface area contributed by atoms with Crippen LogP contribution in [0.4, 0.5) is 0 Å². The Hall–Kier alpha value is -1.51. The maximum Gasteiger partial charge on any atom is 0.338 e. The summed E-state index contributed by atoms with van der Waals surface area (Å²) in [6.07, 6.45) is 1.87. The molecule has 1 rings (SSSR count). The lowest BCUT2D eigenvalue weighted by molar-refractivity contribution is 0.0498. The molecule has 0 heterocycles. The Morgan fingerprint density at radius 2 is 1.56 bits per heavy atom. The lowest BCUT2D eigenvalue weighted by Crippen LogP contribution is -2.12. The van der Waals surface area contributed by atoms with Crippen molar-refractivity contribution in [2.45, 2.75) is 47.5 Å². The zero-order chi connectivity index (χ0) is 13.9. The highest BCUT2D eigenvalue weighted by Crippen LogP contribution is 2.31. The molecule has 3 heteroatoms. The van der Waals surface area contributed by atoms with Crippen LogP contribution in [0.5, 0.6) is 5.75 Å². The van der Waals surface area contributed by atoms with Gasteiger partial charge in [0.2, 0.25) is 0 Å². The largest absolute Gasteiger partial charge is 0.507 e. The predicted molar refractivity (Wildman–Crippen MR) is 72.2 cm³/mol. The lowest BCUT2D eigenvalue weighted by Gasteiger charge is -2.16. The van der Waals surface area contributed by atoms with Crippen molar-refractivity contribution >= 4 is 5.97 Å². The third-order valence-electron chi connectivity index (χ3n) is 3.52. The van der Waals surface area contributed by atoms with E-state index in [2.05, 4.69) is 6.92 Å². The number of esters is 1. The number of rotatable bonds is 4. The van der Waals surface area contributed by atoms with Crippen LogP contribution in [0, 0.1) is 27.7 Å². The molecule has 0 bridgehead atoms. The number of unbranched alkanes of at least 4 members (excludes halogenated alkanes) is 1. The van der Waals surface area contributed by atoms with E-state index in [1.54, 1.807) is 0 Å². The molecule has 1 N–H and O–H groups in total. The number of benzene rings is 1. The van der Waals surface area contributed by atoms with Gasteiger partial charge in [0.15, 0.2) is 0 Å². The van der Waals surface area contributed by atoms with E-state index in [9.17, 15) is 9.90 Å². The van der Waals surface area contributed by atoms with Crippen LogP contribution in [-0.2, 0) is 4.74 Å². The van der Waals surface area contributed by atoms with Gasteiger partial charge in [-0.25, -0.2) is 4.79 Å². The van der Waals surface area contributed by atoms with E-state index >= 15 is 0 Å². The first kappa shape index (κ1) is 14.6. The van der Waals surface area contributed by atoms with Gasteiger partial charge in [0.25, 0.3) is 0 Å². The highest BCUT2D eigenvalue weighted by atomic mass is 16.5. The minimum Gasteiger partial charge on any atom is -0.507 e. The fourth-order valence-electron chi connectivity index (χ4n) is 1.98. The summed E-state index contributed by atoms with van der Waals surface area (Å²) >= 11 is 0. The van der Waals surface area contributed by atoms with Crippen molar-refractivity contribution in [1.82, 2.24) is 0 Å². The third kappa shape index (κ3) is 2.66. The first-order valence-corrected chi connectivity index (χ1v) is 6.38. The van der Waals surface area contributed by atoms with E-state index in [1.807, 2.05) is 27.7 Å². The Morgan fingerprint density at radius 3 is 2.00 bits per heavy atom. The Kier molecular flexibility index (Phi) is 4.76. The number of carbonyl (C=O) groups is 1. The van der Waals surface area contributed by atoms with E-state index in [4.69, 9.17) is 4.74 Å². The first-order chi connectivity index (χ1) is 8.41. The van der Waals surface area contributed by atoms with Gasteiger partial charge in [0.1, 0.15) is 5.75 Å². The average molecular weight is 250 g/mol. The Labute approximate surface area is 109 Å². The molecule has 0 radical (unpaired) electrons. The number of hydrogen-bond acceptors (Lipinski definition) is 3. The molecule has 100 valence electrons. The molecule has 0 amide bonds. The Bertz CT molecular complexity index is 432. The molecular weight excluding hydrogens is 228 g/mol. The normalized spacial score (nSPS) is 10.5. The Morgan fingerprint density at radius 1 is 1.06 bits per heavy atom. The molecule has 0 fully saturated rings. The SMILES string of the molecule is CCCCOC(=O)c1c(C)c(C)c(O)c(C)c1C. The van der Waals surface area contributed by atoms with Crippen LogP contribution >= 0.6 is 0 Å². The molecule has 0 saturated carbocycles. The van der Waals surface area contributed by atoms with Crippen molar-refractivity contribution in [2.24, 2.45) is 0 Å². The summed E-state index contributed by atoms with van der Waals surface area (Å²) in [5.74, 6) is -0.0141. The van der Waals surface area contributed by atoms with E-state index in [0.29, 0.717) is 12.2 Å². The van der Waals surface area contributed by atoms with Crippen molar-refractivity contribution < 1.29 is 14.6 Å². The fraction of sp³-hybridized carbons (Fsp3) is 0.533. The van der Waals surface area contributed by atoms with Gasteiger partial charge < -0.3 is 9.84 Å². The average Bonchev–Trinajstić information content (AvgIpc) is 2.34. The van der Waals surface area contributed by atoms with Crippen molar-refractivity contribution in [3.63, 3.8) is 0 Å². The van der Waals surface area contributed by atoms with Gasteiger partial charge in [-0.15, -0.1) is 0 Å². The number of hydrogen-bond donors (Lipinski definition) is 1. The van der Waals surface area contributed by atoms with Crippen LogP contribution < -0.4 is 0 Å². The van der Waals surface area contributed by atoms with Gasteiger partial charge in [0.05, 0.1) is 12.2 Å². The molecular formula is C15H22O3. The Balaban J connectivity index is 3.13. The van der Waals surface area contributed by atoms with E-state index in [1.165, 1.54) is 0 Å². The summed E-state index contributed by atoms with van der Waals surface area (Å²) in [4.78, 5) is 12.1. The first-order valence-electron chi connectivity index (χ1n) is 6.38. The third-order valence-corrected chi connectivity index (χ3v) is 3.52. The number of phenols is 1. The predicted octanol–water partition coefficient (Wildman–Crippen LogP) is 3.58. The highest BCUT2D eigenvalue weighted by molar-refractivity contribution is 5.94. The minimum atomic E-state index is -0.287. The van der Waals surface area contributed by atoms with Gasteiger partial charge in [-0.1, -0.05) is 13.3 Å². The van der Waals surface area contributed by atoms with Gasteiger partial charge in [-0.05, 0) is 56.4 Å². The fourth-order valence-corrected chi connectivity index (χ4v) is 1.98. The summed E-state index contributed by atoms with van der Waals surface area (Å²) in [6, 6.07) is 0. The second-order valence-electron chi connectivity index (χ2n) is 4.71. The van der Waals surface area contributed by atoms with Crippen LogP contribution in [0.15, 0.2) is 0 Å². The van der Waals surface area contributed by atoms with Crippen LogP contribution in [0.1, 0.15) is 52.4 Å². The lowest BCUT2D eigenvalue weighted by atomic mass is 9.93. The van der Waals surface area contributed by atoms with E-state index < -0.39 is 0 Å². The molecule has 0 aromatic heterocycles. The summed E-state index contributed by atoms with van der Waals surface area (Å²) in [7, 11) is 0. The number of carbonyl (C=O) groups excluding carboxylic acids is 1. The molecule has 0 aliphatic carbocycles. The molecule has 0 unspecified atom stereocenters. The molecule has 0 atom stereocenters. The van der Waals surface area contributed by atoms with Crippen molar-refractivity contribution in [1.29, 1.82) is 0 Å². The van der Waals surface area contributed by atoms with Gasteiger partial charge in [-0.2, -0.15) is 0 Å². The summed E-state index contributed by atoms with van der Waals surface area (Å²) in [6.45, 7) is 9.84. The quantitative estimate of drug-likeness (QED) is 0.656. The maximum absolute atomic E-state index is 12.1. The number of aromatic hydroxyl groups is 1. The standard InChI is InChI=1S/C15H22O3/c1-6-7-8-18-15(17)13-9(2)11(4)14(16)12(5)10(13)3/h16H,6-8H2,1-5H3. The van der Waals surface area contributed by atoms with Gasteiger partial charge in [0, 0.05) is 0 Å². The molecule has 1 aromatic rings. The zero-order valence-corrected chi connectivity index (χ0v) is 11.9. The van der Waals surface area contributed by atoms with Crippen LogP contribution in [-0.4, -0.2) is 17.7 Å². The molecule has 0 spiro atoms. The second kappa shape index (κ2) is 5.89. The summed E-state index contributed by atoms with van der Waals surface area (Å²) in [5.41, 5.74) is 3.70. The van der Waals surface area contributed by atoms with Crippen LogP contribution in [0.3, 0.4) is 0 Å². The van der Waals surface area contributed by atoms with Crippen molar-refractivity contribution in [3.8, 4) is 5.75 Å². The molecule has 0 aliphatic heterocycles. The topological polar surface area (TPSA) is 46.5 Å². The number of phenolic OH excluding ortho intramolecular Hbond substituents is 1. The molecule has 3 nitrogen and oxygen atoms in total. The monoisotopic (exact) mass is 250 g/mol. The summed E-state index contributed by atoms with van der Waals surface area (Å²) < 4.78 is 5.26. The van der Waals surface area contributed by atoms with Crippen LogP contribution in [0.25, 0.3) is 0 Å². The van der Waals surface area contributed by atoms with Crippen LogP contribution in [0.2, 0.25) is 0 Å². The zero-order valence-electron chi connectivity index (χ0n) is 11.9. The van der Waals surface area contributed by atoms with E-state index in [-0.39, 0.29) is 11.7 Å². The van der Waals surface area contributed by atoms with Gasteiger partial charge >= 0.3 is 5.97 Å².